The van der Waals surface area contributed by atoms with Gasteiger partial charge in [-0.2, -0.15) is 0 Å². The Kier molecular flexibility index (Phi) is 5.32. The third-order valence-corrected chi connectivity index (χ3v) is 3.84. The molecule has 0 saturated carbocycles. The summed E-state index contributed by atoms with van der Waals surface area (Å²) in [6.45, 7) is 2.43. The number of benzene rings is 1. The van der Waals surface area contributed by atoms with Crippen LogP contribution in [0.4, 0.5) is 4.39 Å². The standard InChI is InChI=1S/C11H13Cl3FN/c1-11(6-12,7-13)16-5-8-2-3-9(15)4-10(8)14/h2-4,16H,5-7H2,1H3. The zero-order chi connectivity index (χ0) is 12.2. The van der Waals surface area contributed by atoms with Gasteiger partial charge in [0.2, 0.25) is 0 Å². The summed E-state index contributed by atoms with van der Waals surface area (Å²) < 4.78 is 12.8. The maximum Gasteiger partial charge on any atom is 0.124 e. The van der Waals surface area contributed by atoms with Crippen LogP contribution in [-0.2, 0) is 6.54 Å². The highest BCUT2D eigenvalue weighted by Gasteiger charge is 2.21. The Morgan fingerprint density at radius 2 is 1.94 bits per heavy atom. The van der Waals surface area contributed by atoms with Crippen molar-refractivity contribution in [1.82, 2.24) is 5.32 Å². The molecule has 0 aliphatic rings. The largest absolute Gasteiger partial charge is 0.305 e. The third-order valence-electron chi connectivity index (χ3n) is 2.31. The molecule has 1 aromatic rings. The van der Waals surface area contributed by atoms with E-state index in [1.807, 2.05) is 6.92 Å². The lowest BCUT2D eigenvalue weighted by Crippen LogP contribution is -2.45. The molecule has 1 nitrogen and oxygen atoms in total. The van der Waals surface area contributed by atoms with Crippen LogP contribution in [-0.4, -0.2) is 17.3 Å². The first-order valence-corrected chi connectivity index (χ1v) is 6.26. The predicted octanol–water partition coefficient (Wildman–Crippen LogP) is 3.81. The van der Waals surface area contributed by atoms with Gasteiger partial charge in [-0.3, -0.25) is 0 Å². The summed E-state index contributed by atoms with van der Waals surface area (Å²) in [5.74, 6) is 0.455. The van der Waals surface area contributed by atoms with Crippen LogP contribution in [0, 0.1) is 5.82 Å². The Balaban J connectivity index is 2.67. The topological polar surface area (TPSA) is 12.0 Å². The van der Waals surface area contributed by atoms with Crippen LogP contribution >= 0.6 is 34.8 Å². The van der Waals surface area contributed by atoms with Gasteiger partial charge in [0, 0.05) is 28.9 Å². The fourth-order valence-electron chi connectivity index (χ4n) is 1.10. The Morgan fingerprint density at radius 3 is 2.44 bits per heavy atom. The first-order valence-electron chi connectivity index (χ1n) is 4.81. The van der Waals surface area contributed by atoms with E-state index in [-0.39, 0.29) is 11.4 Å². The van der Waals surface area contributed by atoms with E-state index in [0.29, 0.717) is 23.3 Å². The molecule has 0 aliphatic heterocycles. The normalized spacial score (nSPS) is 11.8. The molecular weight excluding hydrogens is 271 g/mol. The molecular formula is C11H13Cl3FN. The van der Waals surface area contributed by atoms with Gasteiger partial charge in [-0.25, -0.2) is 4.39 Å². The summed E-state index contributed by atoms with van der Waals surface area (Å²) in [6, 6.07) is 4.31. The van der Waals surface area contributed by atoms with Gasteiger partial charge in [0.1, 0.15) is 5.82 Å². The average molecular weight is 285 g/mol. The van der Waals surface area contributed by atoms with Crippen molar-refractivity contribution in [3.8, 4) is 0 Å². The summed E-state index contributed by atoms with van der Waals surface area (Å²) in [6.07, 6.45) is 0. The second-order valence-corrected chi connectivity index (χ2v) is 4.86. The van der Waals surface area contributed by atoms with E-state index < -0.39 is 0 Å². The van der Waals surface area contributed by atoms with E-state index in [4.69, 9.17) is 34.8 Å². The predicted molar refractivity (Wildman–Crippen MR) is 68.1 cm³/mol. The zero-order valence-electron chi connectivity index (χ0n) is 8.87. The molecule has 1 N–H and O–H groups in total. The Morgan fingerprint density at radius 1 is 1.31 bits per heavy atom. The average Bonchev–Trinajstić information content (AvgIpc) is 2.27. The van der Waals surface area contributed by atoms with Crippen LogP contribution in [0.15, 0.2) is 18.2 Å². The van der Waals surface area contributed by atoms with Crippen molar-refractivity contribution in [2.24, 2.45) is 0 Å². The molecule has 5 heteroatoms. The van der Waals surface area contributed by atoms with Gasteiger partial charge < -0.3 is 5.32 Å². The van der Waals surface area contributed by atoms with Gasteiger partial charge in [-0.05, 0) is 24.6 Å². The minimum absolute atomic E-state index is 0.341. The highest BCUT2D eigenvalue weighted by atomic mass is 35.5. The molecule has 1 aromatic carbocycles. The number of alkyl halides is 2. The zero-order valence-corrected chi connectivity index (χ0v) is 11.1. The van der Waals surface area contributed by atoms with E-state index in [1.54, 1.807) is 6.07 Å². The van der Waals surface area contributed by atoms with Gasteiger partial charge >= 0.3 is 0 Å². The highest BCUT2D eigenvalue weighted by Crippen LogP contribution is 2.18. The van der Waals surface area contributed by atoms with Crippen LogP contribution < -0.4 is 5.32 Å². The van der Waals surface area contributed by atoms with Crippen molar-refractivity contribution >= 4 is 34.8 Å². The van der Waals surface area contributed by atoms with Crippen LogP contribution in [0.2, 0.25) is 5.02 Å². The van der Waals surface area contributed by atoms with E-state index in [1.165, 1.54) is 12.1 Å². The van der Waals surface area contributed by atoms with Gasteiger partial charge in [-0.1, -0.05) is 17.7 Å². The molecule has 1 rings (SSSR count). The second-order valence-electron chi connectivity index (χ2n) is 3.92. The van der Waals surface area contributed by atoms with Gasteiger partial charge in [-0.15, -0.1) is 23.2 Å². The molecule has 0 unspecified atom stereocenters. The van der Waals surface area contributed by atoms with Crippen LogP contribution in [0.5, 0.6) is 0 Å². The summed E-state index contributed by atoms with van der Waals surface area (Å²) in [5, 5.41) is 3.60. The maximum absolute atomic E-state index is 12.8. The number of hydrogen-bond acceptors (Lipinski definition) is 1. The monoisotopic (exact) mass is 283 g/mol. The molecule has 0 amide bonds. The molecule has 0 heterocycles. The summed E-state index contributed by atoms with van der Waals surface area (Å²) in [7, 11) is 0. The molecule has 0 fully saturated rings. The number of halogens is 4. The van der Waals surface area contributed by atoms with E-state index in [2.05, 4.69) is 5.32 Å². The summed E-state index contributed by atoms with van der Waals surface area (Å²) >= 11 is 17.5. The molecule has 90 valence electrons. The van der Waals surface area contributed by atoms with Crippen LogP contribution in [0.1, 0.15) is 12.5 Å². The minimum Gasteiger partial charge on any atom is -0.305 e. The van der Waals surface area contributed by atoms with E-state index in [9.17, 15) is 4.39 Å². The molecule has 0 saturated heterocycles. The van der Waals surface area contributed by atoms with Crippen molar-refractivity contribution in [2.45, 2.75) is 19.0 Å². The van der Waals surface area contributed by atoms with Crippen LogP contribution in [0.3, 0.4) is 0 Å². The Labute approximate surface area is 110 Å². The van der Waals surface area contributed by atoms with Crippen molar-refractivity contribution in [3.63, 3.8) is 0 Å². The summed E-state index contributed by atoms with van der Waals surface area (Å²) in [4.78, 5) is 0. The van der Waals surface area contributed by atoms with Crippen LogP contribution in [0.25, 0.3) is 0 Å². The second kappa shape index (κ2) is 6.06. The molecule has 16 heavy (non-hydrogen) atoms. The number of hydrogen-bond donors (Lipinski definition) is 1. The molecule has 0 spiro atoms. The van der Waals surface area contributed by atoms with Crippen molar-refractivity contribution in [2.75, 3.05) is 11.8 Å². The third kappa shape index (κ3) is 3.77. The Hall–Kier alpha value is -0.0200. The van der Waals surface area contributed by atoms with Gasteiger partial charge in [0.15, 0.2) is 0 Å². The van der Waals surface area contributed by atoms with E-state index >= 15 is 0 Å². The first-order chi connectivity index (χ1) is 7.50. The van der Waals surface area contributed by atoms with Crippen molar-refractivity contribution in [1.29, 1.82) is 0 Å². The Bertz CT molecular complexity index is 353. The summed E-state index contributed by atoms with van der Waals surface area (Å²) in [5.41, 5.74) is 0.477. The van der Waals surface area contributed by atoms with Gasteiger partial charge in [0.05, 0.1) is 0 Å². The molecule has 0 aromatic heterocycles. The lowest BCUT2D eigenvalue weighted by atomic mass is 10.1. The van der Waals surface area contributed by atoms with Gasteiger partial charge in [0.25, 0.3) is 0 Å². The fraction of sp³-hybridized carbons (Fsp3) is 0.455. The van der Waals surface area contributed by atoms with Crippen molar-refractivity contribution in [3.05, 3.63) is 34.6 Å². The lowest BCUT2D eigenvalue weighted by molar-refractivity contribution is 0.435. The number of nitrogens with one attached hydrogen (secondary N) is 1. The van der Waals surface area contributed by atoms with E-state index in [0.717, 1.165) is 5.56 Å². The fourth-order valence-corrected chi connectivity index (χ4v) is 1.81. The smallest absolute Gasteiger partial charge is 0.124 e. The first kappa shape index (κ1) is 14.0. The highest BCUT2D eigenvalue weighted by molar-refractivity contribution is 6.31. The molecule has 0 bridgehead atoms. The SMILES string of the molecule is CC(CCl)(CCl)NCc1ccc(F)cc1Cl. The van der Waals surface area contributed by atoms with Crippen molar-refractivity contribution < 1.29 is 4.39 Å². The number of rotatable bonds is 5. The molecule has 0 aliphatic carbocycles. The maximum atomic E-state index is 12.8. The minimum atomic E-state index is -0.346. The quantitative estimate of drug-likeness (QED) is 0.811. The lowest BCUT2D eigenvalue weighted by Gasteiger charge is -2.26. The molecule has 0 atom stereocenters. The molecule has 0 radical (unpaired) electrons.